The van der Waals surface area contributed by atoms with E-state index in [-0.39, 0.29) is 6.04 Å². The summed E-state index contributed by atoms with van der Waals surface area (Å²) >= 11 is 0. The van der Waals surface area contributed by atoms with Crippen LogP contribution in [0.15, 0.2) is 47.2 Å². The van der Waals surface area contributed by atoms with E-state index in [1.54, 1.807) is 0 Å². The second-order valence-corrected chi connectivity index (χ2v) is 3.98. The van der Waals surface area contributed by atoms with Gasteiger partial charge in [0.15, 0.2) is 0 Å². The predicted octanol–water partition coefficient (Wildman–Crippen LogP) is 2.19. The Bertz CT molecular complexity index is 428. The van der Waals surface area contributed by atoms with Gasteiger partial charge in [0.05, 0.1) is 6.20 Å². The smallest absolute Gasteiger partial charge is 0.222 e. The van der Waals surface area contributed by atoms with Crippen LogP contribution in [-0.2, 0) is 0 Å². The molecule has 0 saturated heterocycles. The fourth-order valence-electron chi connectivity index (χ4n) is 1.73. The zero-order valence-electron chi connectivity index (χ0n) is 9.49. The highest BCUT2D eigenvalue weighted by Gasteiger charge is 2.14. The normalized spacial score (nSPS) is 14.5. The van der Waals surface area contributed by atoms with Gasteiger partial charge in [-0.2, -0.15) is 0 Å². The van der Waals surface area contributed by atoms with Crippen LogP contribution in [0.3, 0.4) is 0 Å². The van der Waals surface area contributed by atoms with E-state index in [1.807, 2.05) is 30.3 Å². The number of aromatic nitrogens is 1. The van der Waals surface area contributed by atoms with Crippen molar-refractivity contribution in [2.75, 3.05) is 0 Å². The molecule has 1 heterocycles. The van der Waals surface area contributed by atoms with Crippen molar-refractivity contribution in [3.8, 4) is 0 Å². The summed E-state index contributed by atoms with van der Waals surface area (Å²) in [6.07, 6.45) is 3.52. The molecule has 17 heavy (non-hydrogen) atoms. The fraction of sp³-hybridized carbons (Fsp3) is 0.308. The molecule has 2 unspecified atom stereocenters. The van der Waals surface area contributed by atoms with Crippen molar-refractivity contribution in [1.29, 1.82) is 0 Å². The lowest BCUT2D eigenvalue weighted by molar-refractivity contribution is 0.129. The van der Waals surface area contributed by atoms with Crippen LogP contribution in [0, 0.1) is 0 Å². The number of nitrogens with zero attached hydrogens (tertiary/aromatic N) is 1. The molecule has 2 rings (SSSR count). The zero-order valence-corrected chi connectivity index (χ0v) is 9.49. The second-order valence-electron chi connectivity index (χ2n) is 3.98. The van der Waals surface area contributed by atoms with Gasteiger partial charge >= 0.3 is 0 Å². The number of oxazole rings is 1. The summed E-state index contributed by atoms with van der Waals surface area (Å²) in [6.45, 7) is 0. The van der Waals surface area contributed by atoms with Crippen molar-refractivity contribution < 1.29 is 9.52 Å². The molecule has 0 saturated carbocycles. The topological polar surface area (TPSA) is 72.3 Å². The summed E-state index contributed by atoms with van der Waals surface area (Å²) in [5.41, 5.74) is 7.11. The Hall–Kier alpha value is -1.65. The van der Waals surface area contributed by atoms with Crippen LogP contribution < -0.4 is 5.73 Å². The largest absolute Gasteiger partial charge is 0.446 e. The molecule has 0 spiro atoms. The molecular weight excluding hydrogens is 216 g/mol. The summed E-state index contributed by atoms with van der Waals surface area (Å²) in [4.78, 5) is 3.91. The van der Waals surface area contributed by atoms with Crippen molar-refractivity contribution in [2.45, 2.75) is 25.0 Å². The third kappa shape index (κ3) is 3.15. The highest BCUT2D eigenvalue weighted by Crippen LogP contribution is 2.22. The number of rotatable bonds is 5. The molecule has 0 radical (unpaired) electrons. The maximum absolute atomic E-state index is 9.79. The third-order valence-electron chi connectivity index (χ3n) is 2.72. The molecular formula is C13H16N2O2. The van der Waals surface area contributed by atoms with Gasteiger partial charge in [-0.15, -0.1) is 0 Å². The fourth-order valence-corrected chi connectivity index (χ4v) is 1.73. The molecule has 0 fully saturated rings. The Labute approximate surface area is 100 Å². The number of hydrogen-bond donors (Lipinski definition) is 2. The van der Waals surface area contributed by atoms with Crippen LogP contribution in [0.4, 0.5) is 0 Å². The van der Waals surface area contributed by atoms with Crippen molar-refractivity contribution in [1.82, 2.24) is 4.98 Å². The summed E-state index contributed by atoms with van der Waals surface area (Å²) in [5, 5.41) is 9.79. The molecule has 0 bridgehead atoms. The van der Waals surface area contributed by atoms with Gasteiger partial charge in [-0.1, -0.05) is 30.3 Å². The molecule has 0 aliphatic rings. The number of aliphatic hydroxyl groups is 1. The van der Waals surface area contributed by atoms with Crippen LogP contribution in [0.5, 0.6) is 0 Å². The van der Waals surface area contributed by atoms with Crippen molar-refractivity contribution in [2.24, 2.45) is 5.73 Å². The number of hydrogen-bond acceptors (Lipinski definition) is 4. The maximum Gasteiger partial charge on any atom is 0.222 e. The molecule has 0 amide bonds. The van der Waals surface area contributed by atoms with E-state index in [4.69, 9.17) is 10.2 Å². The van der Waals surface area contributed by atoms with Crippen LogP contribution >= 0.6 is 0 Å². The van der Waals surface area contributed by atoms with Crippen molar-refractivity contribution in [3.63, 3.8) is 0 Å². The maximum atomic E-state index is 9.79. The van der Waals surface area contributed by atoms with Gasteiger partial charge in [-0.05, 0) is 18.4 Å². The summed E-state index contributed by atoms with van der Waals surface area (Å²) < 4.78 is 5.03. The molecule has 4 nitrogen and oxygen atoms in total. The first-order chi connectivity index (χ1) is 8.27. The van der Waals surface area contributed by atoms with E-state index < -0.39 is 6.10 Å². The van der Waals surface area contributed by atoms with Crippen LogP contribution in [0.1, 0.15) is 36.4 Å². The van der Waals surface area contributed by atoms with Gasteiger partial charge < -0.3 is 15.3 Å². The van der Waals surface area contributed by atoms with Crippen molar-refractivity contribution in [3.05, 3.63) is 54.2 Å². The molecule has 4 heteroatoms. The highest BCUT2D eigenvalue weighted by atomic mass is 16.4. The number of aliphatic hydroxyl groups excluding tert-OH is 1. The van der Waals surface area contributed by atoms with Gasteiger partial charge in [0, 0.05) is 6.04 Å². The van der Waals surface area contributed by atoms with Gasteiger partial charge in [0.1, 0.15) is 12.4 Å². The first kappa shape index (κ1) is 11.8. The van der Waals surface area contributed by atoms with E-state index in [0.29, 0.717) is 18.7 Å². The Morgan fingerprint density at radius 3 is 2.65 bits per heavy atom. The van der Waals surface area contributed by atoms with Crippen molar-refractivity contribution >= 4 is 0 Å². The van der Waals surface area contributed by atoms with Crippen LogP contribution in [-0.4, -0.2) is 10.1 Å². The lowest BCUT2D eigenvalue weighted by atomic mass is 10.0. The molecule has 0 aliphatic heterocycles. The Morgan fingerprint density at radius 2 is 2.00 bits per heavy atom. The Kier molecular flexibility index (Phi) is 3.90. The lowest BCUT2D eigenvalue weighted by Crippen LogP contribution is -2.11. The SMILES string of the molecule is NC(CCC(O)c1ncco1)c1ccccc1. The van der Waals surface area contributed by atoms with Crippen LogP contribution in [0.2, 0.25) is 0 Å². The average molecular weight is 232 g/mol. The van der Waals surface area contributed by atoms with E-state index in [2.05, 4.69) is 4.98 Å². The first-order valence-electron chi connectivity index (χ1n) is 5.65. The molecule has 0 aliphatic carbocycles. The minimum atomic E-state index is -0.681. The quantitative estimate of drug-likeness (QED) is 0.828. The van der Waals surface area contributed by atoms with Gasteiger partial charge in [0.2, 0.25) is 5.89 Å². The minimum absolute atomic E-state index is 0.0687. The third-order valence-corrected chi connectivity index (χ3v) is 2.72. The van der Waals surface area contributed by atoms with E-state index >= 15 is 0 Å². The van der Waals surface area contributed by atoms with E-state index in [0.717, 1.165) is 5.56 Å². The number of nitrogens with two attached hydrogens (primary N) is 1. The summed E-state index contributed by atoms with van der Waals surface area (Å²) in [5.74, 6) is 0.352. The standard InChI is InChI=1S/C13H16N2O2/c14-11(10-4-2-1-3-5-10)6-7-12(16)13-15-8-9-17-13/h1-5,8-9,11-12,16H,6-7,14H2. The number of benzene rings is 1. The Morgan fingerprint density at radius 1 is 1.24 bits per heavy atom. The van der Waals surface area contributed by atoms with Gasteiger partial charge in [-0.3, -0.25) is 0 Å². The predicted molar refractivity (Wildman–Crippen MR) is 64.1 cm³/mol. The minimum Gasteiger partial charge on any atom is -0.446 e. The molecule has 3 N–H and O–H groups in total. The summed E-state index contributed by atoms with van der Waals surface area (Å²) in [6, 6.07) is 9.78. The Balaban J connectivity index is 1.86. The van der Waals surface area contributed by atoms with E-state index in [1.165, 1.54) is 12.5 Å². The lowest BCUT2D eigenvalue weighted by Gasteiger charge is -2.13. The zero-order chi connectivity index (χ0) is 12.1. The first-order valence-corrected chi connectivity index (χ1v) is 5.65. The molecule has 90 valence electrons. The molecule has 2 aromatic rings. The second kappa shape index (κ2) is 5.61. The molecule has 1 aromatic heterocycles. The monoisotopic (exact) mass is 232 g/mol. The average Bonchev–Trinajstić information content (AvgIpc) is 2.90. The molecule has 1 aromatic carbocycles. The van der Waals surface area contributed by atoms with Crippen LogP contribution in [0.25, 0.3) is 0 Å². The van der Waals surface area contributed by atoms with Gasteiger partial charge in [-0.25, -0.2) is 4.98 Å². The van der Waals surface area contributed by atoms with E-state index in [9.17, 15) is 5.11 Å². The van der Waals surface area contributed by atoms with Gasteiger partial charge in [0.25, 0.3) is 0 Å². The highest BCUT2D eigenvalue weighted by molar-refractivity contribution is 5.18. The summed E-state index contributed by atoms with van der Waals surface area (Å²) in [7, 11) is 0. The molecule has 2 atom stereocenters.